The van der Waals surface area contributed by atoms with Gasteiger partial charge in [-0.25, -0.2) is 0 Å². The van der Waals surface area contributed by atoms with Crippen LogP contribution in [0.25, 0.3) is 11.1 Å². The molecule has 0 N–H and O–H groups in total. The topological polar surface area (TPSA) is 0 Å². The molecule has 0 heterocycles. The molecule has 18 heavy (non-hydrogen) atoms. The van der Waals surface area contributed by atoms with Crippen molar-refractivity contribution >= 4 is 0 Å². The first-order valence-corrected chi connectivity index (χ1v) is 6.07. The largest absolute Gasteiger partial charge is 3.00 e. The Labute approximate surface area is 136 Å². The molecule has 0 spiro atoms. The summed E-state index contributed by atoms with van der Waals surface area (Å²) < 4.78 is 0. The first-order chi connectivity index (χ1) is 7.98. The Morgan fingerprint density at radius 3 is 2.22 bits per heavy atom. The monoisotopic (exact) mass is 312 g/mol. The van der Waals surface area contributed by atoms with Crippen LogP contribution in [0, 0.1) is 13.0 Å². The van der Waals surface area contributed by atoms with E-state index in [1.807, 2.05) is 12.1 Å². The van der Waals surface area contributed by atoms with E-state index in [1.54, 1.807) is 0 Å². The second-order valence-corrected chi connectivity index (χ2v) is 5.56. The first-order valence-electron chi connectivity index (χ1n) is 6.07. The number of hydrogen-bond acceptors (Lipinski definition) is 0. The average molecular weight is 312 g/mol. The predicted molar refractivity (Wildman–Crippen MR) is 74.2 cm³/mol. The molecule has 0 aliphatic rings. The second kappa shape index (κ2) is 6.13. The molecular weight excluding hydrogens is 293 g/mol. The van der Waals surface area contributed by atoms with Gasteiger partial charge in [-0.3, -0.25) is 0 Å². The Morgan fingerprint density at radius 2 is 1.72 bits per heavy atom. The molecule has 0 nitrogen and oxygen atoms in total. The summed E-state index contributed by atoms with van der Waals surface area (Å²) in [4.78, 5) is 0. The van der Waals surface area contributed by atoms with Crippen LogP contribution in [0.5, 0.6) is 0 Å². The molecule has 1 heteroatoms. The van der Waals surface area contributed by atoms with Gasteiger partial charge in [0.15, 0.2) is 0 Å². The summed E-state index contributed by atoms with van der Waals surface area (Å²) in [6.07, 6.45) is 0. The van der Waals surface area contributed by atoms with Gasteiger partial charge >= 0.3 is 32.7 Å². The van der Waals surface area contributed by atoms with Crippen molar-refractivity contribution in [3.05, 3.63) is 59.7 Å². The zero-order chi connectivity index (χ0) is 12.5. The van der Waals surface area contributed by atoms with E-state index in [-0.39, 0.29) is 38.1 Å². The van der Waals surface area contributed by atoms with E-state index >= 15 is 0 Å². The minimum Gasteiger partial charge on any atom is -0.147 e. The summed E-state index contributed by atoms with van der Waals surface area (Å²) in [5, 5.41) is 0. The third-order valence-corrected chi connectivity index (χ3v) is 3.09. The van der Waals surface area contributed by atoms with Crippen molar-refractivity contribution in [3.63, 3.8) is 0 Å². The Kier molecular flexibility index (Phi) is 5.31. The third-order valence-electron chi connectivity index (χ3n) is 3.09. The van der Waals surface area contributed by atoms with Gasteiger partial charge in [-0.05, 0) is 17.9 Å². The summed E-state index contributed by atoms with van der Waals surface area (Å²) in [7, 11) is 0. The van der Waals surface area contributed by atoms with Crippen LogP contribution >= 0.6 is 0 Å². The van der Waals surface area contributed by atoms with E-state index in [4.69, 9.17) is 0 Å². The molecule has 0 amide bonds. The van der Waals surface area contributed by atoms with Crippen molar-refractivity contribution < 1.29 is 32.7 Å². The minimum absolute atomic E-state index is 0. The van der Waals surface area contributed by atoms with Crippen molar-refractivity contribution in [2.45, 2.75) is 33.1 Å². The number of rotatable bonds is 1. The van der Waals surface area contributed by atoms with Crippen LogP contribution in [0.2, 0.25) is 0 Å². The number of hydrogen-bond donors (Lipinski definition) is 0. The molecule has 0 bridgehead atoms. The Bertz CT molecular complexity index is 507. The predicted octanol–water partition coefficient (Wildman–Crippen LogP) is 4.76. The van der Waals surface area contributed by atoms with Gasteiger partial charge < -0.3 is 0 Å². The van der Waals surface area contributed by atoms with Crippen molar-refractivity contribution in [3.8, 4) is 11.1 Å². The van der Waals surface area contributed by atoms with Gasteiger partial charge in [0.1, 0.15) is 0 Å². The number of benzene rings is 2. The van der Waals surface area contributed by atoms with Crippen LogP contribution in [0.3, 0.4) is 0 Å². The Balaban J connectivity index is 0.00000162. The van der Waals surface area contributed by atoms with E-state index < -0.39 is 0 Å². The van der Waals surface area contributed by atoms with Crippen LogP contribution < -0.4 is 0 Å². The first kappa shape index (κ1) is 15.6. The van der Waals surface area contributed by atoms with Gasteiger partial charge in [0.25, 0.3) is 0 Å². The van der Waals surface area contributed by atoms with Gasteiger partial charge in [-0.2, -0.15) is 0 Å². The normalized spacial score (nSPS) is 10.9. The maximum Gasteiger partial charge on any atom is 3.00 e. The van der Waals surface area contributed by atoms with Crippen molar-refractivity contribution in [2.24, 2.45) is 0 Å². The zero-order valence-electron chi connectivity index (χ0n) is 11.6. The van der Waals surface area contributed by atoms with Crippen LogP contribution in [-0.2, 0) is 38.1 Å². The molecule has 2 aromatic carbocycles. The molecular formula is C17H19Y+2. The molecule has 0 saturated carbocycles. The molecule has 2 rings (SSSR count). The summed E-state index contributed by atoms with van der Waals surface area (Å²) in [5.74, 6) is 0. The van der Waals surface area contributed by atoms with Gasteiger partial charge in [0.2, 0.25) is 0 Å². The van der Waals surface area contributed by atoms with Gasteiger partial charge in [-0.1, -0.05) is 50.1 Å². The van der Waals surface area contributed by atoms with Crippen LogP contribution in [0.1, 0.15) is 31.9 Å². The molecule has 0 aliphatic heterocycles. The summed E-state index contributed by atoms with van der Waals surface area (Å²) >= 11 is 0. The summed E-state index contributed by atoms with van der Waals surface area (Å²) in [6.45, 7) is 8.91. The summed E-state index contributed by atoms with van der Waals surface area (Å²) in [6, 6.07) is 18.1. The Hall–Kier alpha value is -0.456. The van der Waals surface area contributed by atoms with Gasteiger partial charge in [0.05, 0.1) is 0 Å². The molecule has 0 atom stereocenters. The van der Waals surface area contributed by atoms with E-state index in [0.29, 0.717) is 0 Å². The molecule has 0 unspecified atom stereocenters. The van der Waals surface area contributed by atoms with E-state index in [0.717, 1.165) is 0 Å². The maximum absolute atomic E-state index is 3.28. The minimum atomic E-state index is 0. The molecule has 2 aromatic rings. The van der Waals surface area contributed by atoms with E-state index in [1.165, 1.54) is 22.3 Å². The molecule has 0 aliphatic carbocycles. The second-order valence-electron chi connectivity index (χ2n) is 5.56. The standard InChI is InChI=1S/C17H19.Y/c1-13-12-15(17(2,3)4)10-11-16(13)14-8-6-5-7-9-14;/h5-8,10-12H,1-4H3;/q-1;+3. The van der Waals surface area contributed by atoms with Crippen molar-refractivity contribution in [1.29, 1.82) is 0 Å². The quantitative estimate of drug-likeness (QED) is 0.666. The fourth-order valence-electron chi connectivity index (χ4n) is 1.99. The molecule has 88 valence electrons. The van der Waals surface area contributed by atoms with Crippen LogP contribution in [-0.4, -0.2) is 0 Å². The van der Waals surface area contributed by atoms with E-state index in [9.17, 15) is 0 Å². The van der Waals surface area contributed by atoms with Crippen LogP contribution in [0.4, 0.5) is 0 Å². The average Bonchev–Trinajstić information content (AvgIpc) is 2.29. The molecule has 0 saturated heterocycles. The zero-order valence-corrected chi connectivity index (χ0v) is 14.5. The SMILES string of the molecule is Cc1cc(C(C)(C)C)ccc1-c1[c-]cccc1.[Y+3]. The summed E-state index contributed by atoms with van der Waals surface area (Å²) in [5.41, 5.74) is 5.36. The number of aryl methyl sites for hydroxylation is 1. The molecule has 0 aromatic heterocycles. The third kappa shape index (κ3) is 3.52. The van der Waals surface area contributed by atoms with Gasteiger partial charge in [0, 0.05) is 0 Å². The smallest absolute Gasteiger partial charge is 0.147 e. The fourth-order valence-corrected chi connectivity index (χ4v) is 1.99. The van der Waals surface area contributed by atoms with E-state index in [2.05, 4.69) is 64.1 Å². The van der Waals surface area contributed by atoms with Crippen LogP contribution in [0.15, 0.2) is 42.5 Å². The molecule has 0 radical (unpaired) electrons. The van der Waals surface area contributed by atoms with Crippen molar-refractivity contribution in [1.82, 2.24) is 0 Å². The maximum atomic E-state index is 3.28. The molecule has 0 fully saturated rings. The Morgan fingerprint density at radius 1 is 1.00 bits per heavy atom. The van der Waals surface area contributed by atoms with Crippen molar-refractivity contribution in [2.75, 3.05) is 0 Å². The van der Waals surface area contributed by atoms with Gasteiger partial charge in [-0.15, -0.1) is 35.9 Å². The fraction of sp³-hybridized carbons (Fsp3) is 0.294.